The van der Waals surface area contributed by atoms with Crippen molar-refractivity contribution in [2.75, 3.05) is 39.3 Å². The first-order valence-corrected chi connectivity index (χ1v) is 14.4. The summed E-state index contributed by atoms with van der Waals surface area (Å²) < 4.78 is 0. The first kappa shape index (κ1) is 27.2. The van der Waals surface area contributed by atoms with Crippen molar-refractivity contribution in [3.8, 4) is 0 Å². The molecule has 2 aliphatic rings. The summed E-state index contributed by atoms with van der Waals surface area (Å²) in [6.45, 7) is 18.6. The van der Waals surface area contributed by atoms with Gasteiger partial charge in [-0.2, -0.15) is 0 Å². The van der Waals surface area contributed by atoms with Crippen molar-refractivity contribution in [3.05, 3.63) is 82.9 Å². The number of fused-ring (bicyclic) bond motifs is 1. The molecule has 1 saturated heterocycles. The zero-order valence-electron chi connectivity index (χ0n) is 23.4. The van der Waals surface area contributed by atoms with Crippen LogP contribution in [0.3, 0.4) is 0 Å². The summed E-state index contributed by atoms with van der Waals surface area (Å²) >= 11 is 0. The van der Waals surface area contributed by atoms with Crippen molar-refractivity contribution >= 4 is 17.2 Å². The summed E-state index contributed by atoms with van der Waals surface area (Å²) in [7, 11) is 0. The van der Waals surface area contributed by atoms with Gasteiger partial charge in [0.1, 0.15) is 0 Å². The van der Waals surface area contributed by atoms with Crippen LogP contribution < -0.4 is 5.32 Å². The molecule has 4 rings (SSSR count). The number of carbonyl (C=O) groups is 1. The molecule has 198 valence electrons. The fraction of sp³-hybridized carbons (Fsp3) is 0.485. The molecule has 0 atom stereocenters. The molecule has 2 aromatic rings. The monoisotopic (exact) mass is 499 g/mol. The lowest BCUT2D eigenvalue weighted by molar-refractivity contribution is 0.0755. The average molecular weight is 500 g/mol. The topological polar surface area (TPSA) is 35.6 Å². The SMILES string of the molecule is C=C(c1ccc(C2=CC3(CCNCC3)Cc3ccc(C(=O)N(CCC)CCC)cc32)cc1)N(CC)CC. The number of nitrogens with one attached hydrogen (secondary N) is 1. The largest absolute Gasteiger partial charge is 0.372 e. The van der Waals surface area contributed by atoms with Gasteiger partial charge in [0.25, 0.3) is 5.91 Å². The van der Waals surface area contributed by atoms with Gasteiger partial charge in [0, 0.05) is 37.4 Å². The number of benzene rings is 2. The number of carbonyl (C=O) groups excluding carboxylic acids is 1. The van der Waals surface area contributed by atoms with Crippen LogP contribution in [0.5, 0.6) is 0 Å². The third kappa shape index (κ3) is 5.85. The molecule has 1 aliphatic carbocycles. The number of allylic oxidation sites excluding steroid dienone is 1. The second kappa shape index (κ2) is 12.1. The molecule has 1 spiro atoms. The first-order valence-electron chi connectivity index (χ1n) is 14.4. The third-order valence-electron chi connectivity index (χ3n) is 8.19. The maximum absolute atomic E-state index is 13.5. The number of piperidine rings is 1. The lowest BCUT2D eigenvalue weighted by Gasteiger charge is -2.40. The Labute approximate surface area is 224 Å². The van der Waals surface area contributed by atoms with Gasteiger partial charge in [-0.1, -0.05) is 56.8 Å². The van der Waals surface area contributed by atoms with Crippen LogP contribution in [0, 0.1) is 5.41 Å². The van der Waals surface area contributed by atoms with Crippen LogP contribution in [0.4, 0.5) is 0 Å². The van der Waals surface area contributed by atoms with Gasteiger partial charge < -0.3 is 15.1 Å². The molecular formula is C33H45N3O. The molecular weight excluding hydrogens is 454 g/mol. The van der Waals surface area contributed by atoms with Crippen molar-refractivity contribution in [3.63, 3.8) is 0 Å². The van der Waals surface area contributed by atoms with E-state index >= 15 is 0 Å². The molecule has 4 heteroatoms. The summed E-state index contributed by atoms with van der Waals surface area (Å²) in [5.41, 5.74) is 8.30. The molecule has 1 N–H and O–H groups in total. The Kier molecular flexibility index (Phi) is 8.91. The molecule has 0 saturated carbocycles. The Morgan fingerprint density at radius 1 is 0.892 bits per heavy atom. The maximum atomic E-state index is 13.5. The number of hydrogen-bond donors (Lipinski definition) is 1. The highest BCUT2D eigenvalue weighted by Gasteiger charge is 2.35. The van der Waals surface area contributed by atoms with Crippen LogP contribution in [0.25, 0.3) is 11.3 Å². The lowest BCUT2D eigenvalue weighted by atomic mass is 9.67. The first-order chi connectivity index (χ1) is 17.9. The summed E-state index contributed by atoms with van der Waals surface area (Å²) in [6.07, 6.45) is 7.83. The van der Waals surface area contributed by atoms with E-state index in [4.69, 9.17) is 0 Å². The van der Waals surface area contributed by atoms with Crippen molar-refractivity contribution in [1.82, 2.24) is 15.1 Å². The third-order valence-corrected chi connectivity index (χ3v) is 8.19. The zero-order valence-corrected chi connectivity index (χ0v) is 23.4. The van der Waals surface area contributed by atoms with Crippen LogP contribution in [0.2, 0.25) is 0 Å². The maximum Gasteiger partial charge on any atom is 0.253 e. The van der Waals surface area contributed by atoms with E-state index in [0.29, 0.717) is 0 Å². The lowest BCUT2D eigenvalue weighted by Crippen LogP contribution is -2.38. The van der Waals surface area contributed by atoms with Gasteiger partial charge in [0.2, 0.25) is 0 Å². The van der Waals surface area contributed by atoms with Crippen LogP contribution in [0.15, 0.2) is 55.1 Å². The predicted octanol–water partition coefficient (Wildman–Crippen LogP) is 6.62. The van der Waals surface area contributed by atoms with E-state index in [1.807, 2.05) is 4.90 Å². The van der Waals surface area contributed by atoms with E-state index in [9.17, 15) is 4.79 Å². The normalized spacial score (nSPS) is 16.2. The van der Waals surface area contributed by atoms with Gasteiger partial charge in [-0.25, -0.2) is 0 Å². The Balaban J connectivity index is 1.74. The minimum absolute atomic E-state index is 0.152. The van der Waals surface area contributed by atoms with Crippen LogP contribution >= 0.6 is 0 Å². The van der Waals surface area contributed by atoms with Crippen LogP contribution in [-0.4, -0.2) is 55.0 Å². The van der Waals surface area contributed by atoms with E-state index in [-0.39, 0.29) is 11.3 Å². The molecule has 1 fully saturated rings. The Bertz CT molecular complexity index is 1110. The van der Waals surface area contributed by atoms with Crippen molar-refractivity contribution in [1.29, 1.82) is 0 Å². The quantitative estimate of drug-likeness (QED) is 0.399. The second-order valence-corrected chi connectivity index (χ2v) is 10.7. The highest BCUT2D eigenvalue weighted by atomic mass is 16.2. The van der Waals surface area contributed by atoms with E-state index in [0.717, 1.165) is 82.6 Å². The number of nitrogens with zero attached hydrogens (tertiary/aromatic N) is 2. The molecule has 1 amide bonds. The van der Waals surface area contributed by atoms with E-state index < -0.39 is 0 Å². The van der Waals surface area contributed by atoms with Gasteiger partial charge in [0.05, 0.1) is 0 Å². The molecule has 0 radical (unpaired) electrons. The zero-order chi connectivity index (χ0) is 26.4. The molecule has 0 aromatic heterocycles. The molecule has 1 heterocycles. The summed E-state index contributed by atoms with van der Waals surface area (Å²) in [6, 6.07) is 15.4. The number of rotatable bonds is 10. The summed E-state index contributed by atoms with van der Waals surface area (Å²) in [5.74, 6) is 0.152. The summed E-state index contributed by atoms with van der Waals surface area (Å²) in [4.78, 5) is 17.8. The van der Waals surface area contributed by atoms with Gasteiger partial charge >= 0.3 is 0 Å². The minimum atomic E-state index is 0.152. The minimum Gasteiger partial charge on any atom is -0.372 e. The highest BCUT2D eigenvalue weighted by Crippen LogP contribution is 2.45. The van der Waals surface area contributed by atoms with Gasteiger partial charge in [0.15, 0.2) is 0 Å². The van der Waals surface area contributed by atoms with Crippen molar-refractivity contribution < 1.29 is 4.79 Å². The standard InChI is InChI=1S/C33H45N3O/c1-6-20-36(21-7-2)32(37)28-14-15-29-23-33(16-18-34-19-17-33)24-31(30(29)22-28)27-12-10-26(11-13-27)25(5)35(8-3)9-4/h10-15,22,24,34H,5-9,16-21,23H2,1-4H3. The van der Waals surface area contributed by atoms with E-state index in [1.165, 1.54) is 27.8 Å². The Morgan fingerprint density at radius 3 is 2.11 bits per heavy atom. The van der Waals surface area contributed by atoms with Gasteiger partial charge in [-0.3, -0.25) is 4.79 Å². The second-order valence-electron chi connectivity index (χ2n) is 10.7. The van der Waals surface area contributed by atoms with E-state index in [1.54, 1.807) is 0 Å². The number of amides is 1. The van der Waals surface area contributed by atoms with Gasteiger partial charge in [-0.05, 0) is 104 Å². The predicted molar refractivity (Wildman–Crippen MR) is 157 cm³/mol. The fourth-order valence-corrected chi connectivity index (χ4v) is 6.08. The molecule has 2 aromatic carbocycles. The molecule has 1 aliphatic heterocycles. The highest BCUT2D eigenvalue weighted by molar-refractivity contribution is 5.96. The fourth-order valence-electron chi connectivity index (χ4n) is 6.08. The average Bonchev–Trinajstić information content (AvgIpc) is 2.93. The Hall–Kier alpha value is -2.85. The smallest absolute Gasteiger partial charge is 0.253 e. The molecule has 0 unspecified atom stereocenters. The van der Waals surface area contributed by atoms with Gasteiger partial charge in [-0.15, -0.1) is 0 Å². The van der Waals surface area contributed by atoms with Crippen molar-refractivity contribution in [2.24, 2.45) is 5.41 Å². The summed E-state index contributed by atoms with van der Waals surface area (Å²) in [5, 5.41) is 3.54. The molecule has 4 nitrogen and oxygen atoms in total. The Morgan fingerprint density at radius 2 is 1.51 bits per heavy atom. The van der Waals surface area contributed by atoms with Crippen LogP contribution in [0.1, 0.15) is 86.0 Å². The molecule has 37 heavy (non-hydrogen) atoms. The molecule has 0 bridgehead atoms. The van der Waals surface area contributed by atoms with Crippen LogP contribution in [-0.2, 0) is 6.42 Å². The number of hydrogen-bond acceptors (Lipinski definition) is 3. The van der Waals surface area contributed by atoms with Crippen molar-refractivity contribution in [2.45, 2.75) is 59.8 Å². The van der Waals surface area contributed by atoms with E-state index in [2.05, 4.69) is 93.0 Å².